The molecule has 5 rings (SSSR count). The summed E-state index contributed by atoms with van der Waals surface area (Å²) in [7, 11) is 0. The fourth-order valence-corrected chi connectivity index (χ4v) is 5.33. The van der Waals surface area contributed by atoms with Gasteiger partial charge in [0.2, 0.25) is 5.91 Å². The molecule has 37 heavy (non-hydrogen) atoms. The number of carbonyl (C=O) groups excluding carboxylic acids is 1. The Morgan fingerprint density at radius 3 is 2.89 bits per heavy atom. The third-order valence-electron chi connectivity index (χ3n) is 6.13. The number of carbonyl (C=O) groups is 1. The zero-order chi connectivity index (χ0) is 26.0. The van der Waals surface area contributed by atoms with Gasteiger partial charge in [-0.3, -0.25) is 19.4 Å². The Hall–Kier alpha value is -3.02. The monoisotopic (exact) mass is 548 g/mol. The zero-order valence-corrected chi connectivity index (χ0v) is 21.3. The van der Waals surface area contributed by atoms with Crippen LogP contribution in [0.5, 0.6) is 0 Å². The molecule has 0 aliphatic carbocycles. The summed E-state index contributed by atoms with van der Waals surface area (Å²) in [6, 6.07) is 9.54. The average Bonchev–Trinajstić information content (AvgIpc) is 3.46. The molecule has 2 fully saturated rings. The van der Waals surface area contributed by atoms with Crippen LogP contribution in [0, 0.1) is 0 Å². The van der Waals surface area contributed by atoms with Gasteiger partial charge in [-0.2, -0.15) is 18.3 Å². The molecule has 0 unspecified atom stereocenters. The summed E-state index contributed by atoms with van der Waals surface area (Å²) in [4.78, 5) is 18.2. The van der Waals surface area contributed by atoms with Crippen molar-refractivity contribution in [3.63, 3.8) is 0 Å². The lowest BCUT2D eigenvalue weighted by Crippen LogP contribution is -2.48. The van der Waals surface area contributed by atoms with Crippen LogP contribution in [0.4, 0.5) is 13.2 Å². The van der Waals surface area contributed by atoms with Crippen LogP contribution < -0.4 is 10.6 Å². The maximum Gasteiger partial charge on any atom is 0.416 e. The molecule has 1 aromatic heterocycles. The van der Waals surface area contributed by atoms with Gasteiger partial charge < -0.3 is 10.6 Å². The third-order valence-corrected chi connectivity index (χ3v) is 7.32. The van der Waals surface area contributed by atoms with Crippen molar-refractivity contribution in [1.29, 1.82) is 0 Å². The van der Waals surface area contributed by atoms with Crippen LogP contribution in [0.25, 0.3) is 17.0 Å². The van der Waals surface area contributed by atoms with Gasteiger partial charge in [-0.25, -0.2) is 0 Å². The molecule has 2 aromatic carbocycles. The maximum absolute atomic E-state index is 13.5. The van der Waals surface area contributed by atoms with E-state index < -0.39 is 11.7 Å². The number of rotatable bonds is 6. The number of hydrogen-bond acceptors (Lipinski definition) is 5. The topological polar surface area (TPSA) is 74.5 Å². The minimum atomic E-state index is -4.50. The number of amides is 1. The Morgan fingerprint density at radius 2 is 2.08 bits per heavy atom. The maximum atomic E-state index is 13.5. The van der Waals surface area contributed by atoms with Crippen LogP contribution in [0.1, 0.15) is 16.7 Å². The molecule has 3 aromatic rings. The number of halogens is 4. The Balaban J connectivity index is 1.25. The number of fused-ring (bicyclic) bond motifs is 1. The van der Waals surface area contributed by atoms with Crippen LogP contribution in [0.2, 0.25) is 5.02 Å². The molecule has 2 aliphatic rings. The number of amidine groups is 1. The van der Waals surface area contributed by atoms with Gasteiger partial charge in [-0.1, -0.05) is 35.5 Å². The van der Waals surface area contributed by atoms with Crippen molar-refractivity contribution in [3.05, 3.63) is 70.0 Å². The summed E-state index contributed by atoms with van der Waals surface area (Å²) in [5.41, 5.74) is 2.07. The van der Waals surface area contributed by atoms with E-state index in [2.05, 4.69) is 25.6 Å². The molecule has 2 aliphatic heterocycles. The van der Waals surface area contributed by atoms with E-state index in [1.807, 2.05) is 24.3 Å². The van der Waals surface area contributed by atoms with E-state index in [0.717, 1.165) is 52.2 Å². The SMILES string of the molecule is O=C1CN(CCN=C2N/C(=C/c3ccc4c(cnn4Cc4ccc(Cl)cc4C(F)(F)F)c3)CS2)CCN1. The molecule has 0 radical (unpaired) electrons. The van der Waals surface area contributed by atoms with Crippen molar-refractivity contribution < 1.29 is 18.0 Å². The molecule has 2 N–H and O–H groups in total. The molecule has 0 bridgehead atoms. The van der Waals surface area contributed by atoms with Gasteiger partial charge in [-0.05, 0) is 41.5 Å². The van der Waals surface area contributed by atoms with Gasteiger partial charge in [0.25, 0.3) is 0 Å². The number of nitrogens with one attached hydrogen (secondary N) is 2. The number of thioether (sulfide) groups is 1. The van der Waals surface area contributed by atoms with Gasteiger partial charge in [0.15, 0.2) is 5.17 Å². The number of hydrogen-bond donors (Lipinski definition) is 2. The summed E-state index contributed by atoms with van der Waals surface area (Å²) < 4.78 is 42.0. The smallest absolute Gasteiger partial charge is 0.354 e. The Bertz CT molecular complexity index is 1390. The molecule has 0 atom stereocenters. The minimum Gasteiger partial charge on any atom is -0.354 e. The van der Waals surface area contributed by atoms with Crippen molar-refractivity contribution in [1.82, 2.24) is 25.3 Å². The number of nitrogens with zero attached hydrogens (tertiary/aromatic N) is 4. The van der Waals surface area contributed by atoms with Gasteiger partial charge in [0.05, 0.1) is 36.9 Å². The molecule has 12 heteroatoms. The van der Waals surface area contributed by atoms with E-state index in [-0.39, 0.29) is 23.0 Å². The Kier molecular flexibility index (Phi) is 7.45. The first kappa shape index (κ1) is 25.6. The lowest BCUT2D eigenvalue weighted by molar-refractivity contribution is -0.138. The number of aliphatic imine (C=N–C) groups is 1. The summed E-state index contributed by atoms with van der Waals surface area (Å²) in [6.45, 7) is 3.26. The van der Waals surface area contributed by atoms with Gasteiger partial charge in [0.1, 0.15) is 0 Å². The third kappa shape index (κ3) is 6.28. The second-order valence-corrected chi connectivity index (χ2v) is 10.2. The summed E-state index contributed by atoms with van der Waals surface area (Å²) in [6.07, 6.45) is -0.811. The van der Waals surface area contributed by atoms with Gasteiger partial charge >= 0.3 is 6.18 Å². The second kappa shape index (κ2) is 10.8. The first-order chi connectivity index (χ1) is 17.7. The molecule has 0 saturated carbocycles. The molecule has 194 valence electrons. The Labute approximate surface area is 220 Å². The lowest BCUT2D eigenvalue weighted by atomic mass is 10.1. The molecule has 3 heterocycles. The molecule has 0 spiro atoms. The van der Waals surface area contributed by atoms with Gasteiger partial charge in [-0.15, -0.1) is 0 Å². The lowest BCUT2D eigenvalue weighted by Gasteiger charge is -2.25. The fourth-order valence-electron chi connectivity index (χ4n) is 4.33. The molecule has 7 nitrogen and oxygen atoms in total. The van der Waals surface area contributed by atoms with Crippen molar-refractivity contribution in [3.8, 4) is 0 Å². The minimum absolute atomic E-state index is 0.0178. The highest BCUT2D eigenvalue weighted by Gasteiger charge is 2.33. The highest BCUT2D eigenvalue weighted by Crippen LogP contribution is 2.34. The van der Waals surface area contributed by atoms with E-state index in [9.17, 15) is 18.0 Å². The van der Waals surface area contributed by atoms with E-state index in [1.54, 1.807) is 22.6 Å². The highest BCUT2D eigenvalue weighted by molar-refractivity contribution is 8.14. The van der Waals surface area contributed by atoms with E-state index >= 15 is 0 Å². The summed E-state index contributed by atoms with van der Waals surface area (Å²) >= 11 is 7.43. The molecule has 2 saturated heterocycles. The van der Waals surface area contributed by atoms with Crippen LogP contribution in [0.15, 0.2) is 53.3 Å². The highest BCUT2D eigenvalue weighted by atomic mass is 35.5. The quantitative estimate of drug-likeness (QED) is 0.482. The van der Waals surface area contributed by atoms with Crippen molar-refractivity contribution >= 4 is 51.4 Å². The van der Waals surface area contributed by atoms with E-state index in [1.165, 1.54) is 12.1 Å². The van der Waals surface area contributed by atoms with Crippen LogP contribution >= 0.6 is 23.4 Å². The summed E-state index contributed by atoms with van der Waals surface area (Å²) in [5, 5.41) is 12.2. The van der Waals surface area contributed by atoms with Gasteiger partial charge in [0, 0.05) is 41.5 Å². The molecular formula is C25H24ClF3N6OS. The standard InChI is InChI=1S/C25H24ClF3N6OS/c26-19-3-2-17(21(11-19)25(27,28)29)13-35-22-4-1-16(9-18(22)12-32-35)10-20-15-37-24(33-20)31-6-8-34-7-5-30-23(36)14-34/h1-4,9-12H,5-8,13-15H2,(H,30,36)(H,31,33)/b20-10+. The Morgan fingerprint density at radius 1 is 1.22 bits per heavy atom. The number of aromatic nitrogens is 2. The summed E-state index contributed by atoms with van der Waals surface area (Å²) in [5.74, 6) is 0.815. The number of alkyl halides is 3. The average molecular weight is 549 g/mol. The van der Waals surface area contributed by atoms with E-state index in [0.29, 0.717) is 19.6 Å². The zero-order valence-electron chi connectivity index (χ0n) is 19.7. The number of benzene rings is 2. The molecular weight excluding hydrogens is 525 g/mol. The largest absolute Gasteiger partial charge is 0.416 e. The van der Waals surface area contributed by atoms with Crippen LogP contribution in [0.3, 0.4) is 0 Å². The second-order valence-electron chi connectivity index (χ2n) is 8.82. The van der Waals surface area contributed by atoms with E-state index in [4.69, 9.17) is 11.6 Å². The molecule has 1 amide bonds. The normalized spacial score (nSPS) is 19.1. The van der Waals surface area contributed by atoms with Crippen LogP contribution in [-0.2, 0) is 17.5 Å². The fraction of sp³-hybridized carbons (Fsp3) is 0.320. The predicted molar refractivity (Wildman–Crippen MR) is 141 cm³/mol. The van der Waals surface area contributed by atoms with Crippen molar-refractivity contribution in [2.24, 2.45) is 4.99 Å². The first-order valence-electron chi connectivity index (χ1n) is 11.7. The van der Waals surface area contributed by atoms with Crippen molar-refractivity contribution in [2.75, 3.05) is 38.5 Å². The predicted octanol–water partition coefficient (Wildman–Crippen LogP) is 4.22. The van der Waals surface area contributed by atoms with Crippen molar-refractivity contribution in [2.45, 2.75) is 12.7 Å². The van der Waals surface area contributed by atoms with Crippen LogP contribution in [-0.4, -0.2) is 64.2 Å². The first-order valence-corrected chi connectivity index (χ1v) is 13.1. The number of piperazine rings is 1.